The Hall–Kier alpha value is -1.63. The van der Waals surface area contributed by atoms with E-state index in [1.807, 2.05) is 0 Å². The molecule has 0 saturated heterocycles. The lowest BCUT2D eigenvalue weighted by Crippen LogP contribution is -2.43. The Labute approximate surface area is 117 Å². The summed E-state index contributed by atoms with van der Waals surface area (Å²) in [5.74, 6) is -2.26. The molecule has 1 rings (SSSR count). The van der Waals surface area contributed by atoms with E-state index in [0.717, 1.165) is 25.7 Å². The number of carboxylic acid groups (broad SMARTS) is 1. The lowest BCUT2D eigenvalue weighted by Gasteiger charge is -2.22. The van der Waals surface area contributed by atoms with Gasteiger partial charge in [0, 0.05) is 6.42 Å². The molecule has 1 saturated carbocycles. The monoisotopic (exact) mass is 286 g/mol. The molecule has 1 fully saturated rings. The molecule has 0 aliphatic heterocycles. The first-order valence-corrected chi connectivity index (χ1v) is 6.91. The number of carboxylic acids is 1. The van der Waals surface area contributed by atoms with Gasteiger partial charge < -0.3 is 20.9 Å². The summed E-state index contributed by atoms with van der Waals surface area (Å²) in [5, 5.41) is 11.3. The number of carbonyl (C=O) groups is 3. The Morgan fingerprint density at radius 3 is 2.45 bits per heavy atom. The van der Waals surface area contributed by atoms with Crippen molar-refractivity contribution in [3.8, 4) is 0 Å². The predicted molar refractivity (Wildman–Crippen MR) is 70.8 cm³/mol. The minimum absolute atomic E-state index is 0.0141. The van der Waals surface area contributed by atoms with Crippen LogP contribution >= 0.6 is 0 Å². The highest BCUT2D eigenvalue weighted by molar-refractivity contribution is 5.84. The first kappa shape index (κ1) is 16.4. The average molecular weight is 286 g/mol. The maximum Gasteiger partial charge on any atom is 0.326 e. The minimum Gasteiger partial charge on any atom is -0.480 e. The fourth-order valence-electron chi connectivity index (χ4n) is 2.21. The summed E-state index contributed by atoms with van der Waals surface area (Å²) in [6.07, 6.45) is 5.27. The van der Waals surface area contributed by atoms with E-state index in [9.17, 15) is 14.4 Å². The Bertz CT molecular complexity index is 353. The van der Waals surface area contributed by atoms with E-state index in [-0.39, 0.29) is 25.6 Å². The smallest absolute Gasteiger partial charge is 0.326 e. The van der Waals surface area contributed by atoms with Gasteiger partial charge in [0.25, 0.3) is 0 Å². The third-order valence-electron chi connectivity index (χ3n) is 3.32. The van der Waals surface area contributed by atoms with Crippen LogP contribution in [0.5, 0.6) is 0 Å². The maximum absolute atomic E-state index is 11.6. The van der Waals surface area contributed by atoms with Gasteiger partial charge in [-0.05, 0) is 19.3 Å². The highest BCUT2D eigenvalue weighted by Gasteiger charge is 2.21. The number of rotatable bonds is 8. The summed E-state index contributed by atoms with van der Waals surface area (Å²) in [7, 11) is 0. The largest absolute Gasteiger partial charge is 0.480 e. The van der Waals surface area contributed by atoms with Crippen LogP contribution in [0.3, 0.4) is 0 Å². The van der Waals surface area contributed by atoms with Crippen molar-refractivity contribution in [3.63, 3.8) is 0 Å². The number of nitrogens with one attached hydrogen (secondary N) is 1. The van der Waals surface area contributed by atoms with Gasteiger partial charge >= 0.3 is 5.97 Å². The van der Waals surface area contributed by atoms with Crippen LogP contribution in [0.4, 0.5) is 0 Å². The van der Waals surface area contributed by atoms with E-state index < -0.39 is 23.8 Å². The number of primary amides is 1. The molecule has 114 valence electrons. The van der Waals surface area contributed by atoms with Gasteiger partial charge in [0.15, 0.2) is 0 Å². The first-order valence-electron chi connectivity index (χ1n) is 6.91. The second-order valence-corrected chi connectivity index (χ2v) is 5.03. The lowest BCUT2D eigenvalue weighted by atomic mass is 9.98. The van der Waals surface area contributed by atoms with Gasteiger partial charge in [0.2, 0.25) is 11.8 Å². The molecule has 0 aromatic heterocycles. The van der Waals surface area contributed by atoms with Crippen LogP contribution < -0.4 is 11.1 Å². The van der Waals surface area contributed by atoms with Crippen molar-refractivity contribution < 1.29 is 24.2 Å². The Balaban J connectivity index is 2.29. The molecule has 1 atom stereocenters. The van der Waals surface area contributed by atoms with Crippen LogP contribution in [0.1, 0.15) is 44.9 Å². The van der Waals surface area contributed by atoms with E-state index in [1.54, 1.807) is 0 Å². The van der Waals surface area contributed by atoms with E-state index >= 15 is 0 Å². The van der Waals surface area contributed by atoms with E-state index in [4.69, 9.17) is 15.6 Å². The van der Waals surface area contributed by atoms with Crippen molar-refractivity contribution in [2.75, 3.05) is 6.61 Å². The van der Waals surface area contributed by atoms with Crippen LogP contribution in [0.15, 0.2) is 0 Å². The first-order chi connectivity index (χ1) is 9.49. The Kier molecular flexibility index (Phi) is 7.00. The van der Waals surface area contributed by atoms with Crippen LogP contribution in [-0.2, 0) is 19.1 Å². The summed E-state index contributed by atoms with van der Waals surface area (Å²) < 4.78 is 5.45. The van der Waals surface area contributed by atoms with Crippen molar-refractivity contribution in [1.82, 2.24) is 5.32 Å². The zero-order chi connectivity index (χ0) is 15.0. The number of hydrogen-bond donors (Lipinski definition) is 3. The summed E-state index contributed by atoms with van der Waals surface area (Å²) >= 11 is 0. The normalized spacial score (nSPS) is 17.4. The Morgan fingerprint density at radius 2 is 1.90 bits per heavy atom. The fraction of sp³-hybridized carbons (Fsp3) is 0.769. The van der Waals surface area contributed by atoms with Crippen molar-refractivity contribution in [2.45, 2.75) is 57.1 Å². The van der Waals surface area contributed by atoms with Crippen LogP contribution in [0.25, 0.3) is 0 Å². The van der Waals surface area contributed by atoms with Gasteiger partial charge in [-0.15, -0.1) is 0 Å². The standard InChI is InChI=1S/C13H22N2O5/c14-11(16)7-6-10(13(18)19)15-12(17)8-20-9-4-2-1-3-5-9/h9-10H,1-8H2,(H2,14,16)(H,15,17)(H,18,19)/t10-/m0/s1. The zero-order valence-corrected chi connectivity index (χ0v) is 11.5. The number of amides is 2. The molecular formula is C13H22N2O5. The van der Waals surface area contributed by atoms with Crippen LogP contribution in [0, 0.1) is 0 Å². The topological polar surface area (TPSA) is 119 Å². The molecule has 7 heteroatoms. The molecule has 0 aromatic rings. The molecule has 0 unspecified atom stereocenters. The molecule has 0 heterocycles. The van der Waals surface area contributed by atoms with Gasteiger partial charge in [-0.2, -0.15) is 0 Å². The number of ether oxygens (including phenoxy) is 1. The molecule has 2 amide bonds. The van der Waals surface area contributed by atoms with Crippen LogP contribution in [-0.4, -0.2) is 41.6 Å². The number of nitrogens with two attached hydrogens (primary N) is 1. The van der Waals surface area contributed by atoms with Gasteiger partial charge in [-0.1, -0.05) is 19.3 Å². The van der Waals surface area contributed by atoms with E-state index in [2.05, 4.69) is 5.32 Å². The molecule has 0 spiro atoms. The Morgan fingerprint density at radius 1 is 1.25 bits per heavy atom. The van der Waals surface area contributed by atoms with Gasteiger partial charge in [0.1, 0.15) is 12.6 Å². The highest BCUT2D eigenvalue weighted by atomic mass is 16.5. The number of hydrogen-bond acceptors (Lipinski definition) is 4. The molecule has 4 N–H and O–H groups in total. The summed E-state index contributed by atoms with van der Waals surface area (Å²) in [6, 6.07) is -1.11. The number of aliphatic carboxylic acids is 1. The molecule has 0 bridgehead atoms. The quantitative estimate of drug-likeness (QED) is 0.587. The SMILES string of the molecule is NC(=O)CC[C@H](NC(=O)COC1CCCCC1)C(=O)O. The van der Waals surface area contributed by atoms with Gasteiger partial charge in [-0.3, -0.25) is 9.59 Å². The minimum atomic E-state index is -1.18. The van der Waals surface area contributed by atoms with E-state index in [0.29, 0.717) is 0 Å². The summed E-state index contributed by atoms with van der Waals surface area (Å²) in [6.45, 7) is -0.148. The molecule has 20 heavy (non-hydrogen) atoms. The predicted octanol–water partition coefficient (Wildman–Crippen LogP) is 0.171. The molecule has 0 aromatic carbocycles. The molecule has 7 nitrogen and oxygen atoms in total. The van der Waals surface area contributed by atoms with Crippen LogP contribution in [0.2, 0.25) is 0 Å². The van der Waals surface area contributed by atoms with Crippen molar-refractivity contribution >= 4 is 17.8 Å². The van der Waals surface area contributed by atoms with Gasteiger partial charge in [-0.25, -0.2) is 4.79 Å². The summed E-state index contributed by atoms with van der Waals surface area (Å²) in [5.41, 5.74) is 4.96. The van der Waals surface area contributed by atoms with E-state index in [1.165, 1.54) is 6.42 Å². The van der Waals surface area contributed by atoms with Crippen molar-refractivity contribution in [2.24, 2.45) is 5.73 Å². The molecule has 1 aliphatic rings. The third kappa shape index (κ3) is 6.51. The summed E-state index contributed by atoms with van der Waals surface area (Å²) in [4.78, 5) is 33.2. The molecule has 0 radical (unpaired) electrons. The zero-order valence-electron chi connectivity index (χ0n) is 11.5. The second-order valence-electron chi connectivity index (χ2n) is 5.03. The molecular weight excluding hydrogens is 264 g/mol. The maximum atomic E-state index is 11.6. The van der Waals surface area contributed by atoms with Gasteiger partial charge in [0.05, 0.1) is 6.10 Å². The number of carbonyl (C=O) groups excluding carboxylic acids is 2. The molecule has 1 aliphatic carbocycles. The van der Waals surface area contributed by atoms with Crippen molar-refractivity contribution in [1.29, 1.82) is 0 Å². The lowest BCUT2D eigenvalue weighted by molar-refractivity contribution is -0.143. The van der Waals surface area contributed by atoms with Crippen molar-refractivity contribution in [3.05, 3.63) is 0 Å². The second kappa shape index (κ2) is 8.52. The fourth-order valence-corrected chi connectivity index (χ4v) is 2.21. The third-order valence-corrected chi connectivity index (χ3v) is 3.32. The highest BCUT2D eigenvalue weighted by Crippen LogP contribution is 2.19. The average Bonchev–Trinajstić information content (AvgIpc) is 2.41.